The van der Waals surface area contributed by atoms with Gasteiger partial charge in [0.05, 0.1) is 0 Å². The average molecular weight is 151 g/mol. The Balaban J connectivity index is 2.46. The summed E-state index contributed by atoms with van der Waals surface area (Å²) in [5, 5.41) is 0. The summed E-state index contributed by atoms with van der Waals surface area (Å²) in [7, 11) is 0. The highest BCUT2D eigenvalue weighted by molar-refractivity contribution is 5.61. The molecular weight excluding hydrogens is 144 g/mol. The van der Waals surface area contributed by atoms with Gasteiger partial charge in [-0.15, -0.1) is 0 Å². The lowest BCUT2D eigenvalue weighted by atomic mass is 10.1. The minimum Gasteiger partial charge on any atom is -0.0616 e. The Kier molecular flexibility index (Phi) is 1.91. The lowest BCUT2D eigenvalue weighted by Gasteiger charge is -1.97. The van der Waals surface area contributed by atoms with Gasteiger partial charge in [-0.05, 0) is 35.4 Å². The van der Waals surface area contributed by atoms with Crippen LogP contribution >= 0.6 is 0 Å². The maximum atomic E-state index is 3.15. The van der Waals surface area contributed by atoms with E-state index < -0.39 is 0 Å². The molecule has 0 fully saturated rings. The lowest BCUT2D eigenvalue weighted by molar-refractivity contribution is 1.60. The molecule has 0 aromatic heterocycles. The van der Waals surface area contributed by atoms with Crippen molar-refractivity contribution in [1.29, 1.82) is 0 Å². The third kappa shape index (κ3) is 1.37. The van der Waals surface area contributed by atoms with Gasteiger partial charge in [0.15, 0.2) is 0 Å². The molecule has 0 aliphatic carbocycles. The van der Waals surface area contributed by atoms with E-state index in [9.17, 15) is 0 Å². The summed E-state index contributed by atoms with van der Waals surface area (Å²) in [6.45, 7) is 0. The Hall–Kier alpha value is -1.56. The van der Waals surface area contributed by atoms with Crippen molar-refractivity contribution in [3.63, 3.8) is 0 Å². The molecule has 0 aliphatic heterocycles. The van der Waals surface area contributed by atoms with E-state index in [2.05, 4.69) is 18.2 Å². The largest absolute Gasteiger partial charge is 0.0616 e. The van der Waals surface area contributed by atoms with Crippen LogP contribution in [0.15, 0.2) is 42.5 Å². The fourth-order valence-electron chi connectivity index (χ4n) is 1.09. The molecule has 0 bridgehead atoms. The fourth-order valence-corrected chi connectivity index (χ4v) is 1.09. The van der Waals surface area contributed by atoms with E-state index in [4.69, 9.17) is 0 Å². The fraction of sp³-hybridized carbons (Fsp3) is 0. The van der Waals surface area contributed by atoms with Crippen molar-refractivity contribution in [2.75, 3.05) is 0 Å². The summed E-state index contributed by atoms with van der Waals surface area (Å²) in [5.41, 5.74) is 2.23. The molecule has 0 unspecified atom stereocenters. The first kappa shape index (κ1) is 7.11. The maximum absolute atomic E-state index is 3.15. The minimum atomic E-state index is 1.10. The van der Waals surface area contributed by atoms with Crippen molar-refractivity contribution >= 4 is 0 Å². The van der Waals surface area contributed by atoms with E-state index in [-0.39, 0.29) is 0 Å². The van der Waals surface area contributed by atoms with Crippen LogP contribution in [0.25, 0.3) is 11.1 Å². The molecule has 0 N–H and O–H groups in total. The second kappa shape index (κ2) is 3.22. The first-order valence-electron chi connectivity index (χ1n) is 3.82. The van der Waals surface area contributed by atoms with Gasteiger partial charge >= 0.3 is 0 Å². The van der Waals surface area contributed by atoms with Crippen molar-refractivity contribution in [3.05, 3.63) is 60.7 Å². The van der Waals surface area contributed by atoms with Gasteiger partial charge in [0, 0.05) is 0 Å². The van der Waals surface area contributed by atoms with Gasteiger partial charge in [-0.1, -0.05) is 36.4 Å². The van der Waals surface area contributed by atoms with Crippen molar-refractivity contribution in [1.82, 2.24) is 0 Å². The van der Waals surface area contributed by atoms with Gasteiger partial charge in [0.1, 0.15) is 0 Å². The predicted octanol–water partition coefficient (Wildman–Crippen LogP) is 2.75. The molecule has 0 saturated carbocycles. The molecule has 12 heavy (non-hydrogen) atoms. The highest BCUT2D eigenvalue weighted by Crippen LogP contribution is 2.16. The van der Waals surface area contributed by atoms with Crippen LogP contribution in [0.5, 0.6) is 0 Å². The lowest BCUT2D eigenvalue weighted by Crippen LogP contribution is -1.74. The molecule has 0 atom stereocenters. The number of benzene rings is 2. The van der Waals surface area contributed by atoms with Gasteiger partial charge in [-0.3, -0.25) is 0 Å². The second-order valence-corrected chi connectivity index (χ2v) is 2.50. The van der Waals surface area contributed by atoms with Crippen LogP contribution in [0.4, 0.5) is 0 Å². The van der Waals surface area contributed by atoms with Crippen molar-refractivity contribution in [2.24, 2.45) is 0 Å². The molecule has 55 valence electrons. The standard InChI is InChI=1S/C12H7/c1-3-7-11(8-4-1)12-9-5-2-6-10-12/h1,3-5,7,9-10H. The zero-order valence-electron chi connectivity index (χ0n) is 6.54. The molecule has 0 aliphatic rings. The highest BCUT2D eigenvalue weighted by atomic mass is 14.0. The quantitative estimate of drug-likeness (QED) is 0.588. The average Bonchev–Trinajstić information content (AvgIpc) is 2.21. The van der Waals surface area contributed by atoms with Crippen LogP contribution in [0.1, 0.15) is 0 Å². The molecule has 0 spiro atoms. The Morgan fingerprint density at radius 3 is 2.58 bits per heavy atom. The van der Waals surface area contributed by atoms with E-state index in [1.165, 1.54) is 0 Å². The molecule has 0 amide bonds. The van der Waals surface area contributed by atoms with Gasteiger partial charge in [-0.2, -0.15) is 0 Å². The van der Waals surface area contributed by atoms with Gasteiger partial charge in [0.2, 0.25) is 0 Å². The molecule has 2 aromatic rings. The summed E-state index contributed by atoms with van der Waals surface area (Å²) in [5.74, 6) is 0. The SMILES string of the molecule is [c]1[c]cc(-c2[c]cccc2)cc1. The highest BCUT2D eigenvalue weighted by Gasteiger charge is 1.92. The second-order valence-electron chi connectivity index (χ2n) is 2.50. The maximum Gasteiger partial charge on any atom is -0.00926 e. The van der Waals surface area contributed by atoms with E-state index in [1.54, 1.807) is 0 Å². The smallest absolute Gasteiger partial charge is 0.00926 e. The van der Waals surface area contributed by atoms with Gasteiger partial charge in [-0.25, -0.2) is 0 Å². The van der Waals surface area contributed by atoms with Crippen LogP contribution in [0.3, 0.4) is 0 Å². The van der Waals surface area contributed by atoms with Crippen molar-refractivity contribution < 1.29 is 0 Å². The third-order valence-electron chi connectivity index (χ3n) is 1.68. The summed E-state index contributed by atoms with van der Waals surface area (Å²) < 4.78 is 0. The summed E-state index contributed by atoms with van der Waals surface area (Å²) >= 11 is 0. The summed E-state index contributed by atoms with van der Waals surface area (Å²) in [4.78, 5) is 0. The van der Waals surface area contributed by atoms with E-state index in [1.807, 2.05) is 42.5 Å². The predicted molar refractivity (Wildman–Crippen MR) is 48.4 cm³/mol. The minimum absolute atomic E-state index is 1.10. The Labute approximate surface area is 72.5 Å². The Bertz CT molecular complexity index is 297. The Morgan fingerprint density at radius 1 is 0.917 bits per heavy atom. The van der Waals surface area contributed by atoms with Gasteiger partial charge < -0.3 is 0 Å². The molecule has 0 heterocycles. The molecule has 3 radical (unpaired) electrons. The monoisotopic (exact) mass is 151 g/mol. The summed E-state index contributed by atoms with van der Waals surface area (Å²) in [6.07, 6.45) is 0. The van der Waals surface area contributed by atoms with Gasteiger partial charge in [0.25, 0.3) is 0 Å². The zero-order valence-corrected chi connectivity index (χ0v) is 6.54. The van der Waals surface area contributed by atoms with Crippen LogP contribution in [-0.4, -0.2) is 0 Å². The van der Waals surface area contributed by atoms with E-state index >= 15 is 0 Å². The number of hydrogen-bond donors (Lipinski definition) is 0. The van der Waals surface area contributed by atoms with E-state index in [0.29, 0.717) is 0 Å². The summed E-state index contributed by atoms with van der Waals surface area (Å²) in [6, 6.07) is 22.6. The van der Waals surface area contributed by atoms with E-state index in [0.717, 1.165) is 11.1 Å². The first-order valence-corrected chi connectivity index (χ1v) is 3.82. The molecule has 2 rings (SSSR count). The number of hydrogen-bond acceptors (Lipinski definition) is 0. The van der Waals surface area contributed by atoms with Crippen molar-refractivity contribution in [3.8, 4) is 11.1 Å². The molecule has 0 heteroatoms. The topological polar surface area (TPSA) is 0 Å². The molecule has 2 aromatic carbocycles. The molecule has 0 saturated heterocycles. The van der Waals surface area contributed by atoms with Crippen LogP contribution in [0.2, 0.25) is 0 Å². The van der Waals surface area contributed by atoms with Crippen LogP contribution < -0.4 is 0 Å². The molecular formula is C12H7. The van der Waals surface area contributed by atoms with Crippen molar-refractivity contribution in [2.45, 2.75) is 0 Å². The third-order valence-corrected chi connectivity index (χ3v) is 1.68. The normalized spacial score (nSPS) is 9.67. The molecule has 0 nitrogen and oxygen atoms in total. The first-order chi connectivity index (χ1) is 5.97. The Morgan fingerprint density at radius 2 is 1.92 bits per heavy atom. The number of rotatable bonds is 1. The van der Waals surface area contributed by atoms with Crippen LogP contribution in [-0.2, 0) is 0 Å². The van der Waals surface area contributed by atoms with Crippen LogP contribution in [0, 0.1) is 18.2 Å². The zero-order chi connectivity index (χ0) is 8.23.